The Hall–Kier alpha value is -2.61. The van der Waals surface area contributed by atoms with Crippen molar-refractivity contribution in [3.05, 3.63) is 34.7 Å². The fourth-order valence-corrected chi connectivity index (χ4v) is 2.34. The Morgan fingerprint density at radius 2 is 2.13 bits per heavy atom. The minimum atomic E-state index is -1.25. The van der Waals surface area contributed by atoms with Crippen molar-refractivity contribution in [2.24, 2.45) is 5.73 Å². The van der Waals surface area contributed by atoms with Gasteiger partial charge >= 0.3 is 5.97 Å². The fourth-order valence-electron chi connectivity index (χ4n) is 2.18. The summed E-state index contributed by atoms with van der Waals surface area (Å²) in [4.78, 5) is 38.6. The van der Waals surface area contributed by atoms with Crippen LogP contribution in [-0.2, 0) is 9.59 Å². The molecule has 23 heavy (non-hydrogen) atoms. The summed E-state index contributed by atoms with van der Waals surface area (Å²) in [7, 11) is 0. The molecule has 2 amide bonds. The molecule has 9 heteroatoms. The van der Waals surface area contributed by atoms with Gasteiger partial charge in [-0.3, -0.25) is 14.0 Å². The summed E-state index contributed by atoms with van der Waals surface area (Å²) in [6.07, 6.45) is 1.28. The van der Waals surface area contributed by atoms with Crippen LogP contribution in [-0.4, -0.2) is 38.3 Å². The molecule has 2 rings (SSSR count). The highest BCUT2D eigenvalue weighted by atomic mass is 35.5. The zero-order chi connectivity index (χ0) is 17.1. The number of hydrogen-bond acceptors (Lipinski definition) is 4. The minimum absolute atomic E-state index is 0.0903. The molecule has 2 aromatic rings. The van der Waals surface area contributed by atoms with E-state index in [2.05, 4.69) is 10.3 Å². The molecule has 4 N–H and O–H groups in total. The molecule has 1 atom stereocenters. The predicted octanol–water partition coefficient (Wildman–Crippen LogP) is 0.745. The van der Waals surface area contributed by atoms with E-state index in [0.717, 1.165) is 0 Å². The molecule has 0 saturated heterocycles. The molecule has 122 valence electrons. The first-order valence-electron chi connectivity index (χ1n) is 6.75. The molecule has 0 spiro atoms. The average Bonchev–Trinajstić information content (AvgIpc) is 2.77. The van der Waals surface area contributed by atoms with Crippen LogP contribution in [0.4, 0.5) is 0 Å². The number of aryl methyl sites for hydroxylation is 1. The minimum Gasteiger partial charge on any atom is -0.480 e. The van der Waals surface area contributed by atoms with Gasteiger partial charge < -0.3 is 16.2 Å². The predicted molar refractivity (Wildman–Crippen MR) is 82.3 cm³/mol. The smallest absolute Gasteiger partial charge is 0.326 e. The molecule has 0 fully saturated rings. The number of carboxylic acids is 1. The Morgan fingerprint density at radius 3 is 2.74 bits per heavy atom. The number of rotatable bonds is 6. The molecule has 0 bridgehead atoms. The van der Waals surface area contributed by atoms with E-state index in [9.17, 15) is 14.4 Å². The number of carboxylic acid groups (broad SMARTS) is 1. The van der Waals surface area contributed by atoms with Crippen molar-refractivity contribution >= 4 is 35.0 Å². The maximum atomic E-state index is 12.4. The van der Waals surface area contributed by atoms with Gasteiger partial charge in [0.2, 0.25) is 5.91 Å². The van der Waals surface area contributed by atoms with E-state index in [1.807, 2.05) is 0 Å². The van der Waals surface area contributed by atoms with Crippen LogP contribution in [0.3, 0.4) is 0 Å². The lowest BCUT2D eigenvalue weighted by molar-refractivity contribution is -0.139. The number of imidazole rings is 1. The van der Waals surface area contributed by atoms with Gasteiger partial charge in [0.1, 0.15) is 17.4 Å². The third-order valence-electron chi connectivity index (χ3n) is 3.25. The van der Waals surface area contributed by atoms with Crippen molar-refractivity contribution in [1.82, 2.24) is 14.7 Å². The van der Waals surface area contributed by atoms with Gasteiger partial charge in [-0.05, 0) is 25.5 Å². The van der Waals surface area contributed by atoms with Crippen LogP contribution in [0.25, 0.3) is 5.65 Å². The number of nitrogens with zero attached hydrogens (tertiary/aromatic N) is 2. The molecule has 1 unspecified atom stereocenters. The van der Waals surface area contributed by atoms with Gasteiger partial charge in [-0.2, -0.15) is 0 Å². The number of nitrogens with one attached hydrogen (secondary N) is 1. The van der Waals surface area contributed by atoms with E-state index in [0.29, 0.717) is 16.4 Å². The SMILES string of the molecule is Cc1nc2ccc(Cl)cn2c1C(=O)NC(CCC(N)=O)C(=O)O. The van der Waals surface area contributed by atoms with E-state index in [1.54, 1.807) is 19.1 Å². The Balaban J connectivity index is 2.28. The number of amides is 2. The van der Waals surface area contributed by atoms with E-state index in [-0.39, 0.29) is 18.5 Å². The van der Waals surface area contributed by atoms with E-state index in [4.69, 9.17) is 22.4 Å². The second-order valence-corrected chi connectivity index (χ2v) is 5.43. The Labute approximate surface area is 136 Å². The highest BCUT2D eigenvalue weighted by Gasteiger charge is 2.24. The highest BCUT2D eigenvalue weighted by molar-refractivity contribution is 6.30. The number of hydrogen-bond donors (Lipinski definition) is 3. The van der Waals surface area contributed by atoms with Crippen LogP contribution < -0.4 is 11.1 Å². The lowest BCUT2D eigenvalue weighted by atomic mass is 10.1. The molecule has 2 aromatic heterocycles. The van der Waals surface area contributed by atoms with Gasteiger partial charge in [0.25, 0.3) is 5.91 Å². The standard InChI is InChI=1S/C14H15ClN4O4/c1-7-12(19-6-8(15)2-5-11(19)17-7)13(21)18-9(14(22)23)3-4-10(16)20/h2,5-6,9H,3-4H2,1H3,(H2,16,20)(H,18,21)(H,22,23). The summed E-state index contributed by atoms with van der Waals surface area (Å²) in [6, 6.07) is 2.06. The molecule has 0 aliphatic rings. The third-order valence-corrected chi connectivity index (χ3v) is 3.48. The van der Waals surface area contributed by atoms with Crippen molar-refractivity contribution in [2.45, 2.75) is 25.8 Å². The van der Waals surface area contributed by atoms with E-state index < -0.39 is 23.8 Å². The zero-order valence-electron chi connectivity index (χ0n) is 12.2. The summed E-state index contributed by atoms with van der Waals surface area (Å²) in [5, 5.41) is 11.9. The second kappa shape index (κ2) is 6.66. The molecular weight excluding hydrogens is 324 g/mol. The quantitative estimate of drug-likeness (QED) is 0.716. The Morgan fingerprint density at radius 1 is 1.43 bits per heavy atom. The fraction of sp³-hybridized carbons (Fsp3) is 0.286. The molecule has 8 nitrogen and oxygen atoms in total. The molecule has 0 radical (unpaired) electrons. The van der Waals surface area contributed by atoms with Crippen LogP contribution in [0.1, 0.15) is 29.0 Å². The number of carbonyl (C=O) groups excluding carboxylic acids is 2. The molecule has 0 aliphatic carbocycles. The van der Waals surface area contributed by atoms with Gasteiger partial charge in [-0.25, -0.2) is 9.78 Å². The second-order valence-electron chi connectivity index (χ2n) is 4.99. The lowest BCUT2D eigenvalue weighted by Crippen LogP contribution is -2.42. The topological polar surface area (TPSA) is 127 Å². The number of aromatic nitrogens is 2. The Kier molecular flexibility index (Phi) is 4.85. The van der Waals surface area contributed by atoms with Gasteiger partial charge in [0.05, 0.1) is 10.7 Å². The number of nitrogens with two attached hydrogens (primary N) is 1. The van der Waals surface area contributed by atoms with E-state index >= 15 is 0 Å². The van der Waals surface area contributed by atoms with Crippen molar-refractivity contribution in [3.63, 3.8) is 0 Å². The zero-order valence-corrected chi connectivity index (χ0v) is 13.0. The maximum absolute atomic E-state index is 12.4. The average molecular weight is 339 g/mol. The van der Waals surface area contributed by atoms with Crippen molar-refractivity contribution in [1.29, 1.82) is 0 Å². The summed E-state index contributed by atoms with van der Waals surface area (Å²) in [5.74, 6) is -2.50. The first kappa shape index (κ1) is 16.8. The van der Waals surface area contributed by atoms with Crippen molar-refractivity contribution in [2.75, 3.05) is 0 Å². The van der Waals surface area contributed by atoms with E-state index in [1.165, 1.54) is 10.6 Å². The van der Waals surface area contributed by atoms with Gasteiger partial charge in [0.15, 0.2) is 0 Å². The normalized spacial score (nSPS) is 12.1. The maximum Gasteiger partial charge on any atom is 0.326 e. The summed E-state index contributed by atoms with van der Waals surface area (Å²) in [6.45, 7) is 1.63. The number of pyridine rings is 1. The number of halogens is 1. The first-order chi connectivity index (χ1) is 10.8. The Bertz CT molecular complexity index is 786. The highest BCUT2D eigenvalue weighted by Crippen LogP contribution is 2.16. The monoisotopic (exact) mass is 338 g/mol. The van der Waals surface area contributed by atoms with Crippen LogP contribution in [0, 0.1) is 6.92 Å². The summed E-state index contributed by atoms with van der Waals surface area (Å²) in [5.41, 5.74) is 6.14. The molecule has 0 aromatic carbocycles. The first-order valence-corrected chi connectivity index (χ1v) is 7.13. The number of fused-ring (bicyclic) bond motifs is 1. The number of carbonyl (C=O) groups is 3. The number of aliphatic carboxylic acids is 1. The molecule has 2 heterocycles. The van der Waals surface area contributed by atoms with Crippen LogP contribution in [0.5, 0.6) is 0 Å². The number of primary amides is 1. The van der Waals surface area contributed by atoms with Crippen molar-refractivity contribution < 1.29 is 19.5 Å². The molecular formula is C14H15ClN4O4. The molecule has 0 aliphatic heterocycles. The van der Waals surface area contributed by atoms with Gasteiger partial charge in [-0.15, -0.1) is 0 Å². The summed E-state index contributed by atoms with van der Waals surface area (Å²) < 4.78 is 1.49. The van der Waals surface area contributed by atoms with Gasteiger partial charge in [0, 0.05) is 12.6 Å². The van der Waals surface area contributed by atoms with Crippen molar-refractivity contribution in [3.8, 4) is 0 Å². The van der Waals surface area contributed by atoms with Crippen LogP contribution in [0.2, 0.25) is 5.02 Å². The summed E-state index contributed by atoms with van der Waals surface area (Å²) >= 11 is 5.92. The van der Waals surface area contributed by atoms with Crippen LogP contribution >= 0.6 is 11.6 Å². The van der Waals surface area contributed by atoms with Gasteiger partial charge in [-0.1, -0.05) is 11.6 Å². The third kappa shape index (κ3) is 3.78. The largest absolute Gasteiger partial charge is 0.480 e. The van der Waals surface area contributed by atoms with Crippen LogP contribution in [0.15, 0.2) is 18.3 Å². The lowest BCUT2D eigenvalue weighted by Gasteiger charge is -2.14. The molecule has 0 saturated carbocycles.